The van der Waals surface area contributed by atoms with Gasteiger partial charge >= 0.3 is 5.97 Å². The lowest BCUT2D eigenvalue weighted by Crippen LogP contribution is -2.35. The maximum absolute atomic E-state index is 12.3. The number of hydrogen-bond acceptors (Lipinski definition) is 6. The molecule has 0 fully saturated rings. The topological polar surface area (TPSA) is 125 Å². The predicted molar refractivity (Wildman–Crippen MR) is 102 cm³/mol. The van der Waals surface area contributed by atoms with Gasteiger partial charge in [-0.3, -0.25) is 4.79 Å². The van der Waals surface area contributed by atoms with Crippen LogP contribution in [0.25, 0.3) is 0 Å². The Morgan fingerprint density at radius 1 is 1.25 bits per heavy atom. The molecular formula is C18H17ClN2O6S. The molecule has 28 heavy (non-hydrogen) atoms. The van der Waals surface area contributed by atoms with E-state index in [1.54, 1.807) is 18.2 Å². The molecule has 2 aromatic carbocycles. The van der Waals surface area contributed by atoms with Crippen molar-refractivity contribution in [1.29, 1.82) is 0 Å². The summed E-state index contributed by atoms with van der Waals surface area (Å²) in [5.74, 6) is -0.687. The van der Waals surface area contributed by atoms with Crippen LogP contribution in [-0.2, 0) is 30.8 Å². The molecule has 0 spiro atoms. The largest absolute Gasteiger partial charge is 0.478 e. The average molecular weight is 425 g/mol. The number of amides is 1. The number of halogens is 1. The van der Waals surface area contributed by atoms with Gasteiger partial charge in [0.2, 0.25) is 10.0 Å². The van der Waals surface area contributed by atoms with Gasteiger partial charge in [0.15, 0.2) is 12.2 Å². The Balaban J connectivity index is 1.56. The number of fused-ring (bicyclic) bond motifs is 1. The molecule has 2 aromatic rings. The van der Waals surface area contributed by atoms with Crippen molar-refractivity contribution in [2.24, 2.45) is 5.14 Å². The van der Waals surface area contributed by atoms with Gasteiger partial charge in [-0.15, -0.1) is 0 Å². The maximum Gasteiger partial charge on any atom is 0.348 e. The highest BCUT2D eigenvalue weighted by Crippen LogP contribution is 2.31. The zero-order valence-electron chi connectivity index (χ0n) is 14.7. The number of esters is 1. The second kappa shape index (κ2) is 7.78. The van der Waals surface area contributed by atoms with E-state index in [-0.39, 0.29) is 4.90 Å². The highest BCUT2D eigenvalue weighted by atomic mass is 35.5. The molecule has 0 radical (unpaired) electrons. The van der Waals surface area contributed by atoms with Crippen LogP contribution in [0, 0.1) is 0 Å². The van der Waals surface area contributed by atoms with E-state index < -0.39 is 34.1 Å². The maximum atomic E-state index is 12.3. The molecule has 0 saturated carbocycles. The van der Waals surface area contributed by atoms with Crippen LogP contribution in [-0.4, -0.2) is 32.5 Å². The van der Waals surface area contributed by atoms with E-state index >= 15 is 0 Å². The van der Waals surface area contributed by atoms with E-state index in [0.29, 0.717) is 22.9 Å². The quantitative estimate of drug-likeness (QED) is 0.706. The number of primary sulfonamides is 1. The predicted octanol–water partition coefficient (Wildman–Crippen LogP) is 1.86. The third-order valence-corrected chi connectivity index (χ3v) is 5.24. The lowest BCUT2D eigenvalue weighted by molar-refractivity contribution is -0.159. The van der Waals surface area contributed by atoms with E-state index in [0.717, 1.165) is 5.56 Å². The molecule has 0 aromatic heterocycles. The summed E-state index contributed by atoms with van der Waals surface area (Å²) >= 11 is 5.92. The van der Waals surface area contributed by atoms with Crippen LogP contribution < -0.4 is 15.2 Å². The zero-order chi connectivity index (χ0) is 20.5. The van der Waals surface area contributed by atoms with Crippen LogP contribution in [0.3, 0.4) is 0 Å². The first-order valence-electron chi connectivity index (χ1n) is 8.23. The van der Waals surface area contributed by atoms with E-state index in [9.17, 15) is 18.0 Å². The molecule has 10 heteroatoms. The van der Waals surface area contributed by atoms with E-state index in [4.69, 9.17) is 26.2 Å². The molecule has 0 aliphatic carbocycles. The molecule has 0 unspecified atom stereocenters. The second-order valence-electron chi connectivity index (χ2n) is 6.20. The standard InChI is InChI=1S/C18H17ClN2O6S/c1-10(17(22)21-13-3-5-14(6-4-13)28(20,24)25)26-18(23)16-9-11-8-12(19)2-7-15(11)27-16/h2-8,10,16H,9H2,1H3,(H,21,22)(H2,20,24,25)/t10-,16+/m1/s1. The number of carbonyl (C=O) groups excluding carboxylic acids is 2. The summed E-state index contributed by atoms with van der Waals surface area (Å²) in [4.78, 5) is 24.4. The first-order valence-corrected chi connectivity index (χ1v) is 10.2. The number of ether oxygens (including phenoxy) is 2. The molecule has 0 saturated heterocycles. The van der Waals surface area contributed by atoms with Crippen LogP contribution in [0.5, 0.6) is 5.75 Å². The molecular weight excluding hydrogens is 408 g/mol. The van der Waals surface area contributed by atoms with Crippen LogP contribution in [0.4, 0.5) is 5.69 Å². The van der Waals surface area contributed by atoms with Gasteiger partial charge in [0, 0.05) is 17.1 Å². The van der Waals surface area contributed by atoms with Gasteiger partial charge in [0.1, 0.15) is 5.75 Å². The molecule has 1 aliphatic rings. The van der Waals surface area contributed by atoms with Crippen molar-refractivity contribution < 1.29 is 27.5 Å². The minimum Gasteiger partial charge on any atom is -0.478 e. The number of rotatable bonds is 5. The van der Waals surface area contributed by atoms with Gasteiger partial charge in [-0.25, -0.2) is 18.4 Å². The normalized spacial score (nSPS) is 16.6. The molecule has 3 N–H and O–H groups in total. The molecule has 2 atom stereocenters. The Kier molecular flexibility index (Phi) is 5.59. The lowest BCUT2D eigenvalue weighted by atomic mass is 10.1. The van der Waals surface area contributed by atoms with Gasteiger partial charge in [-0.1, -0.05) is 11.6 Å². The van der Waals surface area contributed by atoms with Crippen molar-refractivity contribution in [3.63, 3.8) is 0 Å². The van der Waals surface area contributed by atoms with Crippen LogP contribution >= 0.6 is 11.6 Å². The molecule has 1 heterocycles. The summed E-state index contributed by atoms with van der Waals surface area (Å²) in [6, 6.07) is 10.3. The zero-order valence-corrected chi connectivity index (χ0v) is 16.3. The Bertz CT molecular complexity index is 1020. The molecule has 1 aliphatic heterocycles. The van der Waals surface area contributed by atoms with E-state index in [1.807, 2.05) is 0 Å². The highest BCUT2D eigenvalue weighted by Gasteiger charge is 2.32. The second-order valence-corrected chi connectivity index (χ2v) is 8.20. The molecule has 3 rings (SSSR count). The van der Waals surface area contributed by atoms with Gasteiger partial charge in [0.25, 0.3) is 5.91 Å². The smallest absolute Gasteiger partial charge is 0.348 e. The average Bonchev–Trinajstić information content (AvgIpc) is 3.04. The van der Waals surface area contributed by atoms with Crippen molar-refractivity contribution in [2.45, 2.75) is 30.4 Å². The van der Waals surface area contributed by atoms with Gasteiger partial charge < -0.3 is 14.8 Å². The third-order valence-electron chi connectivity index (χ3n) is 4.07. The first kappa shape index (κ1) is 20.1. The molecule has 8 nitrogen and oxygen atoms in total. The Hall–Kier alpha value is -2.62. The first-order chi connectivity index (χ1) is 13.1. The van der Waals surface area contributed by atoms with E-state index in [1.165, 1.54) is 31.2 Å². The number of benzene rings is 2. The van der Waals surface area contributed by atoms with Crippen molar-refractivity contribution in [1.82, 2.24) is 0 Å². The van der Waals surface area contributed by atoms with Crippen LogP contribution in [0.2, 0.25) is 5.02 Å². The van der Waals surface area contributed by atoms with E-state index in [2.05, 4.69) is 5.32 Å². The summed E-state index contributed by atoms with van der Waals surface area (Å²) in [5.41, 5.74) is 1.13. The SMILES string of the molecule is C[C@@H](OC(=O)[C@@H]1Cc2cc(Cl)ccc2O1)C(=O)Nc1ccc(S(N)(=O)=O)cc1. The number of hydrogen-bond donors (Lipinski definition) is 2. The van der Waals surface area contributed by atoms with Gasteiger partial charge in [-0.05, 0) is 55.0 Å². The minimum atomic E-state index is -3.82. The van der Waals surface area contributed by atoms with Crippen molar-refractivity contribution in [3.05, 3.63) is 53.1 Å². The molecule has 0 bridgehead atoms. The fourth-order valence-corrected chi connectivity index (χ4v) is 3.33. The summed E-state index contributed by atoms with van der Waals surface area (Å²) < 4.78 is 33.2. The minimum absolute atomic E-state index is 0.0805. The van der Waals surface area contributed by atoms with Gasteiger partial charge in [0.05, 0.1) is 4.90 Å². The van der Waals surface area contributed by atoms with Gasteiger partial charge in [-0.2, -0.15) is 0 Å². The third kappa shape index (κ3) is 4.61. The number of carbonyl (C=O) groups is 2. The number of nitrogens with two attached hydrogens (primary N) is 1. The lowest BCUT2D eigenvalue weighted by Gasteiger charge is -2.16. The fraction of sp³-hybridized carbons (Fsp3) is 0.222. The number of nitrogens with one attached hydrogen (secondary N) is 1. The Labute approximate surface area is 166 Å². The van der Waals surface area contributed by atoms with Crippen molar-refractivity contribution >= 4 is 39.2 Å². The van der Waals surface area contributed by atoms with Crippen LogP contribution in [0.1, 0.15) is 12.5 Å². The van der Waals surface area contributed by atoms with Crippen molar-refractivity contribution in [3.8, 4) is 5.75 Å². The summed E-state index contributed by atoms with van der Waals surface area (Å²) in [5, 5.41) is 8.09. The monoisotopic (exact) mass is 424 g/mol. The number of sulfonamides is 1. The van der Waals surface area contributed by atoms with Crippen molar-refractivity contribution in [2.75, 3.05) is 5.32 Å². The molecule has 1 amide bonds. The highest BCUT2D eigenvalue weighted by molar-refractivity contribution is 7.89. The summed E-state index contributed by atoms with van der Waals surface area (Å²) in [6.45, 7) is 1.42. The Morgan fingerprint density at radius 3 is 2.57 bits per heavy atom. The van der Waals surface area contributed by atoms with Crippen LogP contribution in [0.15, 0.2) is 47.4 Å². The fourth-order valence-electron chi connectivity index (χ4n) is 2.62. The summed E-state index contributed by atoms with van der Waals surface area (Å²) in [7, 11) is -3.82. The Morgan fingerprint density at radius 2 is 1.93 bits per heavy atom. The number of anilines is 1. The molecule has 148 valence electrons. The summed E-state index contributed by atoms with van der Waals surface area (Å²) in [6.07, 6.45) is -1.63.